The van der Waals surface area contributed by atoms with Crippen molar-refractivity contribution >= 4 is 28.9 Å². The van der Waals surface area contributed by atoms with Gasteiger partial charge in [0.25, 0.3) is 0 Å². The first-order valence-corrected chi connectivity index (χ1v) is 4.95. The maximum absolute atomic E-state index is 11.3. The van der Waals surface area contributed by atoms with Gasteiger partial charge in [-0.3, -0.25) is 4.79 Å². The number of amides is 1. The topological polar surface area (TPSA) is 67.2 Å². The Labute approximate surface area is 93.8 Å². The fraction of sp³-hybridized carbons (Fsp3) is 0.300. The van der Waals surface area contributed by atoms with Crippen molar-refractivity contribution in [3.05, 3.63) is 23.2 Å². The minimum Gasteiger partial charge on any atom is -0.397 e. The van der Waals surface area contributed by atoms with E-state index in [4.69, 9.17) is 17.3 Å². The predicted octanol–water partition coefficient (Wildman–Crippen LogP) is 1.47. The zero-order chi connectivity index (χ0) is 11.4. The van der Waals surface area contributed by atoms with E-state index in [1.807, 2.05) is 0 Å². The molecule has 0 saturated carbocycles. The average molecular weight is 228 g/mol. The van der Waals surface area contributed by atoms with Crippen LogP contribution < -0.4 is 16.4 Å². The van der Waals surface area contributed by atoms with Crippen LogP contribution in [0.4, 0.5) is 11.4 Å². The molecule has 0 bridgehead atoms. The van der Waals surface area contributed by atoms with Gasteiger partial charge < -0.3 is 16.4 Å². The van der Waals surface area contributed by atoms with Crippen molar-refractivity contribution in [2.45, 2.75) is 13.0 Å². The molecule has 0 aromatic heterocycles. The maximum atomic E-state index is 11.3. The van der Waals surface area contributed by atoms with Crippen LogP contribution in [0.5, 0.6) is 0 Å². The molecule has 1 aromatic carbocycles. The van der Waals surface area contributed by atoms with Gasteiger partial charge in [0, 0.05) is 12.1 Å². The lowest BCUT2D eigenvalue weighted by atomic mass is 10.2. The van der Waals surface area contributed by atoms with Crippen molar-refractivity contribution in [1.29, 1.82) is 0 Å². The van der Waals surface area contributed by atoms with Crippen LogP contribution in [0.25, 0.3) is 0 Å². The van der Waals surface area contributed by atoms with Gasteiger partial charge in [-0.2, -0.15) is 0 Å². The van der Waals surface area contributed by atoms with Crippen LogP contribution in [-0.2, 0) is 4.79 Å². The quantitative estimate of drug-likeness (QED) is 0.685. The molecule has 0 saturated heterocycles. The second-order valence-corrected chi connectivity index (χ2v) is 3.65. The number of rotatable bonds is 3. The molecule has 0 heterocycles. The Morgan fingerprint density at radius 2 is 2.20 bits per heavy atom. The summed E-state index contributed by atoms with van der Waals surface area (Å²) < 4.78 is 0. The first-order valence-electron chi connectivity index (χ1n) is 4.57. The second kappa shape index (κ2) is 4.89. The van der Waals surface area contributed by atoms with Crippen molar-refractivity contribution in [2.75, 3.05) is 18.1 Å². The summed E-state index contributed by atoms with van der Waals surface area (Å²) in [7, 11) is 1.59. The van der Waals surface area contributed by atoms with Crippen molar-refractivity contribution in [1.82, 2.24) is 5.32 Å². The molecular weight excluding hydrogens is 214 g/mol. The van der Waals surface area contributed by atoms with Crippen LogP contribution in [0, 0.1) is 0 Å². The Hall–Kier alpha value is -1.42. The summed E-state index contributed by atoms with van der Waals surface area (Å²) in [4.78, 5) is 11.3. The van der Waals surface area contributed by atoms with Crippen molar-refractivity contribution < 1.29 is 4.79 Å². The number of hydrogen-bond acceptors (Lipinski definition) is 3. The summed E-state index contributed by atoms with van der Waals surface area (Å²) in [6.07, 6.45) is 0. The summed E-state index contributed by atoms with van der Waals surface area (Å²) in [5.74, 6) is -0.102. The summed E-state index contributed by atoms with van der Waals surface area (Å²) >= 11 is 5.82. The third kappa shape index (κ3) is 3.02. The highest BCUT2D eigenvalue weighted by atomic mass is 35.5. The molecule has 0 aliphatic heterocycles. The van der Waals surface area contributed by atoms with Gasteiger partial charge in [-0.25, -0.2) is 0 Å². The number of nitrogens with two attached hydrogens (primary N) is 1. The predicted molar refractivity (Wildman–Crippen MR) is 63.0 cm³/mol. The standard InChI is InChI=1S/C10H14ClN3O/c1-6(10(15)13-2)14-9-5-7(11)3-4-8(9)12/h3-6,14H,12H2,1-2H3,(H,13,15). The van der Waals surface area contributed by atoms with Gasteiger partial charge >= 0.3 is 0 Å². The molecule has 82 valence electrons. The van der Waals surface area contributed by atoms with Crippen LogP contribution in [0.1, 0.15) is 6.92 Å². The van der Waals surface area contributed by atoms with Gasteiger partial charge in [0.15, 0.2) is 0 Å². The van der Waals surface area contributed by atoms with E-state index in [1.165, 1.54) is 0 Å². The molecule has 0 spiro atoms. The Balaban J connectivity index is 2.80. The van der Waals surface area contributed by atoms with Gasteiger partial charge in [0.2, 0.25) is 5.91 Å². The number of hydrogen-bond donors (Lipinski definition) is 3. The number of carbonyl (C=O) groups excluding carboxylic acids is 1. The largest absolute Gasteiger partial charge is 0.397 e. The first kappa shape index (κ1) is 11.7. The molecule has 0 aliphatic carbocycles. The third-order valence-corrected chi connectivity index (χ3v) is 2.26. The molecule has 5 heteroatoms. The van der Waals surface area contributed by atoms with Crippen molar-refractivity contribution in [3.63, 3.8) is 0 Å². The lowest BCUT2D eigenvalue weighted by Crippen LogP contribution is -2.35. The highest BCUT2D eigenvalue weighted by Gasteiger charge is 2.11. The first-order chi connectivity index (χ1) is 7.04. The second-order valence-electron chi connectivity index (χ2n) is 3.21. The molecule has 1 aromatic rings. The van der Waals surface area contributed by atoms with Crippen LogP contribution in [0.3, 0.4) is 0 Å². The van der Waals surface area contributed by atoms with E-state index in [0.29, 0.717) is 16.4 Å². The SMILES string of the molecule is CNC(=O)C(C)Nc1cc(Cl)ccc1N. The van der Waals surface area contributed by atoms with E-state index in [-0.39, 0.29) is 11.9 Å². The Kier molecular flexibility index (Phi) is 3.80. The highest BCUT2D eigenvalue weighted by molar-refractivity contribution is 6.31. The number of nitrogens with one attached hydrogen (secondary N) is 2. The Morgan fingerprint density at radius 3 is 2.80 bits per heavy atom. The number of nitrogen functional groups attached to an aromatic ring is 1. The van der Waals surface area contributed by atoms with E-state index < -0.39 is 0 Å². The smallest absolute Gasteiger partial charge is 0.241 e. The minimum atomic E-state index is -0.351. The molecule has 15 heavy (non-hydrogen) atoms. The van der Waals surface area contributed by atoms with Crippen LogP contribution in [-0.4, -0.2) is 19.0 Å². The van der Waals surface area contributed by atoms with E-state index >= 15 is 0 Å². The van der Waals surface area contributed by atoms with Crippen LogP contribution in [0.15, 0.2) is 18.2 Å². The van der Waals surface area contributed by atoms with Crippen LogP contribution >= 0.6 is 11.6 Å². The van der Waals surface area contributed by atoms with E-state index in [9.17, 15) is 4.79 Å². The minimum absolute atomic E-state index is 0.102. The average Bonchev–Trinajstić information content (AvgIpc) is 2.22. The van der Waals surface area contributed by atoms with E-state index in [2.05, 4.69) is 10.6 Å². The summed E-state index contributed by atoms with van der Waals surface area (Å²) in [6.45, 7) is 1.75. The van der Waals surface area contributed by atoms with Gasteiger partial charge in [0.1, 0.15) is 6.04 Å². The van der Waals surface area contributed by atoms with Gasteiger partial charge in [-0.05, 0) is 25.1 Å². The van der Waals surface area contributed by atoms with E-state index in [0.717, 1.165) is 0 Å². The number of carbonyl (C=O) groups is 1. The number of likely N-dealkylation sites (N-methyl/N-ethyl adjacent to an activating group) is 1. The summed E-state index contributed by atoms with van der Waals surface area (Å²) in [5, 5.41) is 6.10. The summed E-state index contributed by atoms with van der Waals surface area (Å²) in [6, 6.07) is 4.74. The van der Waals surface area contributed by atoms with Gasteiger partial charge in [-0.15, -0.1) is 0 Å². The monoisotopic (exact) mass is 227 g/mol. The molecule has 0 radical (unpaired) electrons. The fourth-order valence-electron chi connectivity index (χ4n) is 1.17. The molecule has 0 aliphatic rings. The Bertz CT molecular complexity index is 368. The van der Waals surface area contributed by atoms with Crippen LogP contribution in [0.2, 0.25) is 5.02 Å². The lowest BCUT2D eigenvalue weighted by molar-refractivity contribution is -0.121. The molecule has 1 rings (SSSR count). The van der Waals surface area contributed by atoms with Gasteiger partial charge in [-0.1, -0.05) is 11.6 Å². The zero-order valence-electron chi connectivity index (χ0n) is 8.67. The molecule has 0 fully saturated rings. The fourth-order valence-corrected chi connectivity index (χ4v) is 1.34. The molecule has 1 atom stereocenters. The summed E-state index contributed by atoms with van der Waals surface area (Å²) in [5.41, 5.74) is 6.96. The van der Waals surface area contributed by atoms with Crippen molar-refractivity contribution in [2.24, 2.45) is 0 Å². The number of benzene rings is 1. The molecule has 4 nitrogen and oxygen atoms in total. The van der Waals surface area contributed by atoms with Crippen molar-refractivity contribution in [3.8, 4) is 0 Å². The zero-order valence-corrected chi connectivity index (χ0v) is 9.43. The lowest BCUT2D eigenvalue weighted by Gasteiger charge is -2.15. The Morgan fingerprint density at radius 1 is 1.53 bits per heavy atom. The molecule has 4 N–H and O–H groups in total. The third-order valence-electron chi connectivity index (χ3n) is 2.03. The molecular formula is C10H14ClN3O. The number of halogens is 1. The molecule has 1 amide bonds. The highest BCUT2D eigenvalue weighted by Crippen LogP contribution is 2.23. The number of anilines is 2. The maximum Gasteiger partial charge on any atom is 0.241 e. The van der Waals surface area contributed by atoms with E-state index in [1.54, 1.807) is 32.2 Å². The normalized spacial score (nSPS) is 11.9. The van der Waals surface area contributed by atoms with Gasteiger partial charge in [0.05, 0.1) is 11.4 Å². The molecule has 1 unspecified atom stereocenters.